The standard InChI is InChI=1S/C67H53NSi/c1-46-35-36-49(42-61(46)57-30-15-14-21-51(57)41-47(2)48-37-39-59-58-31-16-18-33-63(58)67(3,4)64(59)44-48)50-38-40-66-62(43-50)60-32-17-19-34-65(60)68(66)52-22-20-29-56(45-52)69(53-23-8-5-9-24-53,54-25-10-6-11-26-54)55-27-12-7-13-28-55/h5-45H,1-4H3/b47-41-. The molecule has 1 nitrogen and oxygen atoms in total. The van der Waals surface area contributed by atoms with Crippen molar-refractivity contribution in [3.05, 3.63) is 270 Å². The molecular formula is C67H53NSi. The largest absolute Gasteiger partial charge is 0.309 e. The Balaban J connectivity index is 0.947. The summed E-state index contributed by atoms with van der Waals surface area (Å²) in [4.78, 5) is 0. The van der Waals surface area contributed by atoms with Gasteiger partial charge in [0.15, 0.2) is 8.07 Å². The van der Waals surface area contributed by atoms with Crippen LogP contribution in [0.25, 0.3) is 72.5 Å². The fraction of sp³-hybridized carbons (Fsp3) is 0.0746. The van der Waals surface area contributed by atoms with Crippen molar-refractivity contribution in [1.82, 2.24) is 4.57 Å². The number of benzene rings is 10. The van der Waals surface area contributed by atoms with E-state index in [2.05, 4.69) is 281 Å². The van der Waals surface area contributed by atoms with Gasteiger partial charge in [-0.2, -0.15) is 0 Å². The first-order valence-electron chi connectivity index (χ1n) is 24.2. The maximum atomic E-state index is 2.48. The van der Waals surface area contributed by atoms with Gasteiger partial charge in [0, 0.05) is 21.9 Å². The number of fused-ring (bicyclic) bond motifs is 6. The van der Waals surface area contributed by atoms with E-state index in [0.29, 0.717) is 0 Å². The van der Waals surface area contributed by atoms with Gasteiger partial charge < -0.3 is 4.57 Å². The zero-order chi connectivity index (χ0) is 46.7. The number of aromatic nitrogens is 1. The van der Waals surface area contributed by atoms with Gasteiger partial charge in [-0.3, -0.25) is 0 Å². The highest BCUT2D eigenvalue weighted by atomic mass is 28.3. The lowest BCUT2D eigenvalue weighted by Gasteiger charge is -2.34. The Morgan fingerprint density at radius 2 is 0.986 bits per heavy atom. The van der Waals surface area contributed by atoms with Gasteiger partial charge in [-0.1, -0.05) is 220 Å². The normalized spacial score (nSPS) is 13.1. The van der Waals surface area contributed by atoms with Crippen molar-refractivity contribution in [2.45, 2.75) is 33.1 Å². The van der Waals surface area contributed by atoms with E-state index >= 15 is 0 Å². The van der Waals surface area contributed by atoms with Crippen LogP contribution in [0, 0.1) is 6.92 Å². The quantitative estimate of drug-likeness (QED) is 0.0773. The summed E-state index contributed by atoms with van der Waals surface area (Å²) in [5.41, 5.74) is 18.9. The lowest BCUT2D eigenvalue weighted by molar-refractivity contribution is 0.660. The summed E-state index contributed by atoms with van der Waals surface area (Å²) in [6.07, 6.45) is 2.38. The Kier molecular flexibility index (Phi) is 10.4. The average molecular weight is 900 g/mol. The zero-order valence-corrected chi connectivity index (χ0v) is 40.6. The third kappa shape index (κ3) is 6.97. The molecule has 0 aliphatic heterocycles. The van der Waals surface area contributed by atoms with Crippen LogP contribution in [0.3, 0.4) is 0 Å². The SMILES string of the molecule is C/C(=C/c1ccccc1-c1cc(-c2ccc3c(c2)c2ccccc2n3-c2cccc([Si](c3ccccc3)(c3ccccc3)c3ccccc3)c2)ccc1C)c1ccc2c(c1)C(C)(C)c1ccccc1-2. The van der Waals surface area contributed by atoms with Crippen LogP contribution in [-0.2, 0) is 5.41 Å². The van der Waals surface area contributed by atoms with Crippen molar-refractivity contribution in [2.24, 2.45) is 0 Å². The number of para-hydroxylation sites is 1. The number of rotatable bonds is 9. The smallest absolute Gasteiger partial charge is 0.179 e. The van der Waals surface area contributed by atoms with E-state index in [9.17, 15) is 0 Å². The summed E-state index contributed by atoms with van der Waals surface area (Å²) in [5.74, 6) is 0. The van der Waals surface area contributed by atoms with Gasteiger partial charge in [-0.05, 0) is 144 Å². The molecule has 11 aromatic rings. The van der Waals surface area contributed by atoms with Crippen LogP contribution >= 0.6 is 0 Å². The van der Waals surface area contributed by atoms with Crippen molar-refractivity contribution in [1.29, 1.82) is 0 Å². The molecule has 330 valence electrons. The highest BCUT2D eigenvalue weighted by Crippen LogP contribution is 2.49. The number of allylic oxidation sites excluding steroid dienone is 1. The third-order valence-corrected chi connectivity index (χ3v) is 19.8. The van der Waals surface area contributed by atoms with Crippen LogP contribution in [0.4, 0.5) is 0 Å². The molecule has 0 saturated carbocycles. The second-order valence-electron chi connectivity index (χ2n) is 19.4. The van der Waals surface area contributed by atoms with Crippen molar-refractivity contribution >= 4 is 62.3 Å². The van der Waals surface area contributed by atoms with E-state index < -0.39 is 8.07 Å². The van der Waals surface area contributed by atoms with Crippen LogP contribution < -0.4 is 20.7 Å². The summed E-state index contributed by atoms with van der Waals surface area (Å²) in [7, 11) is -2.74. The molecule has 12 rings (SSSR count). The first-order valence-corrected chi connectivity index (χ1v) is 26.2. The molecule has 10 aromatic carbocycles. The molecule has 0 saturated heterocycles. The van der Waals surface area contributed by atoms with Gasteiger partial charge in [0.25, 0.3) is 0 Å². The van der Waals surface area contributed by atoms with Crippen molar-refractivity contribution in [3.63, 3.8) is 0 Å². The molecule has 2 heteroatoms. The molecule has 1 heterocycles. The lowest BCUT2D eigenvalue weighted by Crippen LogP contribution is -2.74. The summed E-state index contributed by atoms with van der Waals surface area (Å²) < 4.78 is 2.48. The zero-order valence-electron chi connectivity index (χ0n) is 39.6. The van der Waals surface area contributed by atoms with E-state index in [-0.39, 0.29) is 5.41 Å². The molecule has 0 amide bonds. The lowest BCUT2D eigenvalue weighted by atomic mass is 9.81. The Bertz CT molecular complexity index is 3670. The molecule has 1 aliphatic carbocycles. The van der Waals surface area contributed by atoms with Crippen molar-refractivity contribution in [3.8, 4) is 39.1 Å². The molecule has 1 aliphatic rings. The highest BCUT2D eigenvalue weighted by molar-refractivity contribution is 7.19. The van der Waals surface area contributed by atoms with Gasteiger partial charge in [0.1, 0.15) is 0 Å². The summed E-state index contributed by atoms with van der Waals surface area (Å²) in [6, 6.07) is 90.7. The molecule has 0 bridgehead atoms. The molecule has 0 unspecified atom stereocenters. The van der Waals surface area contributed by atoms with E-state index in [1.807, 2.05) is 0 Å². The summed E-state index contributed by atoms with van der Waals surface area (Å²) in [6.45, 7) is 9.21. The van der Waals surface area contributed by atoms with Crippen LogP contribution in [0.1, 0.15) is 48.6 Å². The monoisotopic (exact) mass is 899 g/mol. The minimum Gasteiger partial charge on any atom is -0.309 e. The fourth-order valence-corrected chi connectivity index (χ4v) is 16.4. The predicted octanol–water partition coefficient (Wildman–Crippen LogP) is 14.7. The molecule has 0 radical (unpaired) electrons. The first kappa shape index (κ1) is 42.3. The van der Waals surface area contributed by atoms with Crippen molar-refractivity contribution in [2.75, 3.05) is 0 Å². The van der Waals surface area contributed by atoms with E-state index in [0.717, 1.165) is 5.69 Å². The van der Waals surface area contributed by atoms with Gasteiger partial charge in [-0.25, -0.2) is 0 Å². The second-order valence-corrected chi connectivity index (χ2v) is 23.2. The molecule has 69 heavy (non-hydrogen) atoms. The second kappa shape index (κ2) is 16.9. The van der Waals surface area contributed by atoms with Crippen LogP contribution in [0.2, 0.25) is 0 Å². The molecule has 0 atom stereocenters. The fourth-order valence-electron chi connectivity index (χ4n) is 11.6. The molecule has 1 aromatic heterocycles. The van der Waals surface area contributed by atoms with Gasteiger partial charge in [-0.15, -0.1) is 0 Å². The topological polar surface area (TPSA) is 4.93 Å². The Hall–Kier alpha value is -8.04. The highest BCUT2D eigenvalue weighted by Gasteiger charge is 2.41. The minimum atomic E-state index is -2.74. The van der Waals surface area contributed by atoms with Crippen LogP contribution in [0.15, 0.2) is 243 Å². The van der Waals surface area contributed by atoms with Gasteiger partial charge >= 0.3 is 0 Å². The number of aryl methyl sites for hydroxylation is 1. The van der Waals surface area contributed by atoms with E-state index in [1.54, 1.807) is 0 Å². The number of nitrogens with zero attached hydrogens (tertiary/aromatic N) is 1. The van der Waals surface area contributed by atoms with Gasteiger partial charge in [0.2, 0.25) is 0 Å². The van der Waals surface area contributed by atoms with Crippen LogP contribution in [0.5, 0.6) is 0 Å². The third-order valence-electron chi connectivity index (χ3n) is 15.1. The molecule has 0 fully saturated rings. The molecular weight excluding hydrogens is 847 g/mol. The summed E-state index contributed by atoms with van der Waals surface area (Å²) in [5, 5.41) is 7.95. The Morgan fingerprint density at radius 3 is 1.71 bits per heavy atom. The molecule has 0 N–H and O–H groups in total. The average Bonchev–Trinajstić information content (AvgIpc) is 3.85. The molecule has 0 spiro atoms. The number of hydrogen-bond donors (Lipinski definition) is 0. The number of hydrogen-bond acceptors (Lipinski definition) is 0. The maximum absolute atomic E-state index is 2.74. The van der Waals surface area contributed by atoms with E-state index in [4.69, 9.17) is 0 Å². The minimum absolute atomic E-state index is 0.0390. The Labute approximate surface area is 407 Å². The predicted molar refractivity (Wildman–Crippen MR) is 298 cm³/mol. The van der Waals surface area contributed by atoms with E-state index in [1.165, 1.54) is 109 Å². The van der Waals surface area contributed by atoms with Crippen molar-refractivity contribution < 1.29 is 0 Å². The maximum Gasteiger partial charge on any atom is 0.179 e. The van der Waals surface area contributed by atoms with Crippen LogP contribution in [-0.4, -0.2) is 12.6 Å². The van der Waals surface area contributed by atoms with Gasteiger partial charge in [0.05, 0.1) is 11.0 Å². The first-order chi connectivity index (χ1) is 33.8. The summed E-state index contributed by atoms with van der Waals surface area (Å²) >= 11 is 0. The Morgan fingerprint density at radius 1 is 0.420 bits per heavy atom.